The molecule has 1 aromatic carbocycles. The zero-order chi connectivity index (χ0) is 15.1. The van der Waals surface area contributed by atoms with Crippen LogP contribution in [0.15, 0.2) is 29.8 Å². The second-order valence-electron chi connectivity index (χ2n) is 4.51. The predicted molar refractivity (Wildman–Crippen MR) is 72.5 cm³/mol. The molecule has 20 heavy (non-hydrogen) atoms. The first kappa shape index (κ1) is 15.4. The molecule has 0 spiro atoms. The predicted octanol–water partition coefficient (Wildman–Crippen LogP) is 2.70. The summed E-state index contributed by atoms with van der Waals surface area (Å²) in [5, 5.41) is 19.6. The number of benzene rings is 1. The van der Waals surface area contributed by atoms with Gasteiger partial charge in [-0.2, -0.15) is 5.26 Å². The Labute approximate surface area is 116 Å². The summed E-state index contributed by atoms with van der Waals surface area (Å²) in [4.78, 5) is 21.8. The third-order valence-electron chi connectivity index (χ3n) is 2.28. The molecule has 0 aromatic heterocycles. The Balaban J connectivity index is 2.94. The maximum atomic E-state index is 11.7. The van der Waals surface area contributed by atoms with E-state index >= 15 is 0 Å². The van der Waals surface area contributed by atoms with Gasteiger partial charge in [0.2, 0.25) is 0 Å². The Kier molecular flexibility index (Phi) is 5.42. The first-order valence-electron chi connectivity index (χ1n) is 5.97. The lowest BCUT2D eigenvalue weighted by atomic mass is 10.1. The third-order valence-corrected chi connectivity index (χ3v) is 2.28. The summed E-state index contributed by atoms with van der Waals surface area (Å²) in [5.41, 5.74) is 0.106. The van der Waals surface area contributed by atoms with Crippen molar-refractivity contribution in [2.75, 3.05) is 6.61 Å². The average molecular weight is 274 g/mol. The molecule has 0 heterocycles. The van der Waals surface area contributed by atoms with E-state index in [9.17, 15) is 14.9 Å². The van der Waals surface area contributed by atoms with Gasteiger partial charge in [-0.25, -0.2) is 4.79 Å². The molecular weight excluding hydrogens is 260 g/mol. The number of nitriles is 1. The zero-order valence-electron chi connectivity index (χ0n) is 11.2. The number of esters is 1. The van der Waals surface area contributed by atoms with E-state index in [0.29, 0.717) is 5.56 Å². The summed E-state index contributed by atoms with van der Waals surface area (Å²) in [6, 6.07) is 7.41. The summed E-state index contributed by atoms with van der Waals surface area (Å²) in [7, 11) is 0. The molecule has 0 atom stereocenters. The van der Waals surface area contributed by atoms with Crippen LogP contribution in [-0.2, 0) is 9.53 Å². The number of hydrogen-bond acceptors (Lipinski definition) is 5. The van der Waals surface area contributed by atoms with Crippen molar-refractivity contribution >= 4 is 17.7 Å². The fraction of sp³-hybridized carbons (Fsp3) is 0.286. The van der Waals surface area contributed by atoms with Crippen molar-refractivity contribution in [3.8, 4) is 6.07 Å². The number of non-ortho nitro benzene ring substituents is 1. The van der Waals surface area contributed by atoms with E-state index in [-0.39, 0.29) is 23.8 Å². The highest BCUT2D eigenvalue weighted by molar-refractivity contribution is 5.97. The molecule has 0 saturated carbocycles. The van der Waals surface area contributed by atoms with Crippen LogP contribution in [0.4, 0.5) is 5.69 Å². The van der Waals surface area contributed by atoms with E-state index in [4.69, 9.17) is 10.00 Å². The molecule has 0 bridgehead atoms. The van der Waals surface area contributed by atoms with Gasteiger partial charge in [0.1, 0.15) is 11.6 Å². The number of nitro benzene ring substituents is 1. The Bertz CT molecular complexity index is 585. The largest absolute Gasteiger partial charge is 0.461 e. The maximum Gasteiger partial charge on any atom is 0.348 e. The normalized spacial score (nSPS) is 11.0. The van der Waals surface area contributed by atoms with E-state index in [1.165, 1.54) is 24.3 Å². The van der Waals surface area contributed by atoms with Crippen LogP contribution in [0.3, 0.4) is 0 Å². The van der Waals surface area contributed by atoms with Gasteiger partial charge in [-0.15, -0.1) is 0 Å². The van der Waals surface area contributed by atoms with Crippen LogP contribution < -0.4 is 0 Å². The molecule has 0 amide bonds. The van der Waals surface area contributed by atoms with Crippen LogP contribution >= 0.6 is 0 Å². The molecule has 0 unspecified atom stereocenters. The number of rotatable bonds is 5. The second kappa shape index (κ2) is 7.04. The minimum Gasteiger partial charge on any atom is -0.461 e. The molecule has 6 heteroatoms. The average Bonchev–Trinajstić information content (AvgIpc) is 2.42. The second-order valence-corrected chi connectivity index (χ2v) is 4.51. The maximum absolute atomic E-state index is 11.7. The van der Waals surface area contributed by atoms with Crippen LogP contribution in [0.2, 0.25) is 0 Å². The number of nitro groups is 1. The van der Waals surface area contributed by atoms with Crippen LogP contribution in [0.25, 0.3) is 6.08 Å². The number of hydrogen-bond donors (Lipinski definition) is 0. The zero-order valence-corrected chi connectivity index (χ0v) is 11.2. The van der Waals surface area contributed by atoms with E-state index in [2.05, 4.69) is 0 Å². The van der Waals surface area contributed by atoms with Gasteiger partial charge >= 0.3 is 5.97 Å². The molecule has 0 radical (unpaired) electrons. The molecule has 0 aliphatic carbocycles. The van der Waals surface area contributed by atoms with Crippen LogP contribution in [0, 0.1) is 27.4 Å². The highest BCUT2D eigenvalue weighted by atomic mass is 16.6. The van der Waals surface area contributed by atoms with Crippen molar-refractivity contribution in [2.45, 2.75) is 13.8 Å². The fourth-order valence-electron chi connectivity index (χ4n) is 1.35. The lowest BCUT2D eigenvalue weighted by Crippen LogP contribution is -2.11. The van der Waals surface area contributed by atoms with Crippen molar-refractivity contribution in [3.05, 3.63) is 45.5 Å². The highest BCUT2D eigenvalue weighted by Crippen LogP contribution is 2.16. The molecule has 1 aromatic rings. The molecule has 0 N–H and O–H groups in total. The SMILES string of the molecule is CC(C)COC(=O)C(C#N)=Cc1cccc([N+](=O)[O-])c1. The standard InChI is InChI=1S/C14H14N2O4/c1-10(2)9-20-14(17)12(8-15)6-11-4-3-5-13(7-11)16(18)19/h3-7,10H,9H2,1-2H3. The van der Waals surface area contributed by atoms with Crippen molar-refractivity contribution in [3.63, 3.8) is 0 Å². The molecule has 0 saturated heterocycles. The summed E-state index contributed by atoms with van der Waals surface area (Å²) < 4.78 is 4.94. The third kappa shape index (κ3) is 4.53. The molecule has 104 valence electrons. The topological polar surface area (TPSA) is 93.2 Å². The Morgan fingerprint density at radius 2 is 2.25 bits per heavy atom. The minimum atomic E-state index is -0.729. The number of carbonyl (C=O) groups excluding carboxylic acids is 1. The van der Waals surface area contributed by atoms with E-state index in [0.717, 1.165) is 0 Å². The van der Waals surface area contributed by atoms with E-state index < -0.39 is 10.9 Å². The molecule has 6 nitrogen and oxygen atoms in total. The lowest BCUT2D eigenvalue weighted by Gasteiger charge is -2.05. The van der Waals surface area contributed by atoms with Crippen LogP contribution in [0.5, 0.6) is 0 Å². The molecule has 0 aliphatic rings. The number of carbonyl (C=O) groups is 1. The Hall–Kier alpha value is -2.68. The van der Waals surface area contributed by atoms with Gasteiger partial charge in [0.05, 0.1) is 11.5 Å². The number of ether oxygens (including phenoxy) is 1. The minimum absolute atomic E-state index is 0.105. The summed E-state index contributed by atoms with van der Waals surface area (Å²) >= 11 is 0. The van der Waals surface area contributed by atoms with Crippen LogP contribution in [0.1, 0.15) is 19.4 Å². The Morgan fingerprint density at radius 3 is 2.80 bits per heavy atom. The van der Waals surface area contributed by atoms with Crippen molar-refractivity contribution in [1.82, 2.24) is 0 Å². The van der Waals surface area contributed by atoms with Gasteiger partial charge in [0.25, 0.3) is 5.69 Å². The smallest absolute Gasteiger partial charge is 0.348 e. The van der Waals surface area contributed by atoms with Crippen molar-refractivity contribution < 1.29 is 14.5 Å². The molecule has 0 fully saturated rings. The highest BCUT2D eigenvalue weighted by Gasteiger charge is 2.12. The quantitative estimate of drug-likeness (QED) is 0.270. The molecule has 1 rings (SSSR count). The van der Waals surface area contributed by atoms with Gasteiger partial charge < -0.3 is 4.74 Å². The van der Waals surface area contributed by atoms with Crippen LogP contribution in [-0.4, -0.2) is 17.5 Å². The molecule has 0 aliphatic heterocycles. The monoisotopic (exact) mass is 274 g/mol. The lowest BCUT2D eigenvalue weighted by molar-refractivity contribution is -0.384. The summed E-state index contributed by atoms with van der Waals surface area (Å²) in [6.07, 6.45) is 1.27. The molecular formula is C14H14N2O4. The Morgan fingerprint density at radius 1 is 1.55 bits per heavy atom. The van der Waals surface area contributed by atoms with E-state index in [1.807, 2.05) is 13.8 Å². The number of nitrogens with zero attached hydrogens (tertiary/aromatic N) is 2. The van der Waals surface area contributed by atoms with Gasteiger partial charge in [-0.3, -0.25) is 10.1 Å². The van der Waals surface area contributed by atoms with Gasteiger partial charge in [0.15, 0.2) is 0 Å². The van der Waals surface area contributed by atoms with E-state index in [1.54, 1.807) is 12.1 Å². The first-order valence-corrected chi connectivity index (χ1v) is 5.97. The summed E-state index contributed by atoms with van der Waals surface area (Å²) in [5.74, 6) is -0.565. The van der Waals surface area contributed by atoms with Crippen molar-refractivity contribution in [2.24, 2.45) is 5.92 Å². The van der Waals surface area contributed by atoms with Crippen molar-refractivity contribution in [1.29, 1.82) is 5.26 Å². The van der Waals surface area contributed by atoms with Gasteiger partial charge in [-0.1, -0.05) is 26.0 Å². The first-order chi connectivity index (χ1) is 9.43. The van der Waals surface area contributed by atoms with Gasteiger partial charge in [0, 0.05) is 12.1 Å². The van der Waals surface area contributed by atoms with Gasteiger partial charge in [-0.05, 0) is 17.6 Å². The fourth-order valence-corrected chi connectivity index (χ4v) is 1.35. The summed E-state index contributed by atoms with van der Waals surface area (Å²) in [6.45, 7) is 3.97.